The summed E-state index contributed by atoms with van der Waals surface area (Å²) in [6.07, 6.45) is 6.59. The van der Waals surface area contributed by atoms with Crippen LogP contribution in [0.5, 0.6) is 0 Å². The number of pyridine rings is 1. The zero-order chi connectivity index (χ0) is 16.5. The van der Waals surface area contributed by atoms with Gasteiger partial charge in [-0.2, -0.15) is 0 Å². The molecule has 1 aliphatic rings. The molecule has 0 radical (unpaired) electrons. The Morgan fingerprint density at radius 3 is 2.64 bits per heavy atom. The number of hydrogen-bond acceptors (Lipinski definition) is 4. The minimum Gasteiger partial charge on any atom is -0.343 e. The molecule has 0 aromatic carbocycles. The number of likely N-dealkylation sites (tertiary alicyclic amines) is 1. The molecule has 0 aliphatic carbocycles. The molecule has 0 saturated carbocycles. The Labute approximate surface area is 164 Å². The standard InChI is InChI=1S/C18H30N4O.2ClH/c1-19-11-5-7-18(23)21(2)17-9-14-22(15-10-17)13-8-16-6-3-4-12-20-16;;/h3-4,6,12,17,19H,5,7-11,13-15H2,1-2H3;2*1H. The number of hydrogen-bond donors (Lipinski definition) is 1. The first-order valence-electron chi connectivity index (χ1n) is 8.73. The van der Waals surface area contributed by atoms with E-state index < -0.39 is 0 Å². The third-order valence-electron chi connectivity index (χ3n) is 4.73. The van der Waals surface area contributed by atoms with Crippen molar-refractivity contribution in [1.29, 1.82) is 0 Å². The Balaban J connectivity index is 0.00000288. The summed E-state index contributed by atoms with van der Waals surface area (Å²) in [7, 11) is 3.89. The van der Waals surface area contributed by atoms with Crippen LogP contribution in [0.1, 0.15) is 31.4 Å². The Hall–Kier alpha value is -0.880. The summed E-state index contributed by atoms with van der Waals surface area (Å²) in [6.45, 7) is 4.12. The van der Waals surface area contributed by atoms with E-state index in [1.165, 1.54) is 0 Å². The minimum atomic E-state index is 0. The number of aromatic nitrogens is 1. The van der Waals surface area contributed by atoms with Crippen LogP contribution in [0.3, 0.4) is 0 Å². The van der Waals surface area contributed by atoms with Gasteiger partial charge in [-0.3, -0.25) is 9.78 Å². The molecule has 7 heteroatoms. The lowest BCUT2D eigenvalue weighted by atomic mass is 10.0. The Kier molecular flexibility index (Phi) is 12.9. The van der Waals surface area contributed by atoms with Gasteiger partial charge in [0.25, 0.3) is 0 Å². The van der Waals surface area contributed by atoms with E-state index in [4.69, 9.17) is 0 Å². The van der Waals surface area contributed by atoms with E-state index in [1.54, 1.807) is 0 Å². The number of nitrogens with zero attached hydrogens (tertiary/aromatic N) is 3. The van der Waals surface area contributed by atoms with Gasteiger partial charge in [0.1, 0.15) is 0 Å². The fourth-order valence-corrected chi connectivity index (χ4v) is 3.15. The van der Waals surface area contributed by atoms with E-state index in [2.05, 4.69) is 21.3 Å². The lowest BCUT2D eigenvalue weighted by Crippen LogP contribution is -2.46. The molecule has 1 fully saturated rings. The molecule has 5 nitrogen and oxygen atoms in total. The molecule has 0 spiro atoms. The van der Waals surface area contributed by atoms with Crippen molar-refractivity contribution in [2.45, 2.75) is 38.1 Å². The highest BCUT2D eigenvalue weighted by Gasteiger charge is 2.24. The summed E-state index contributed by atoms with van der Waals surface area (Å²) >= 11 is 0. The average molecular weight is 391 g/mol. The second-order valence-corrected chi connectivity index (χ2v) is 6.36. The lowest BCUT2D eigenvalue weighted by Gasteiger charge is -2.36. The van der Waals surface area contributed by atoms with Crippen LogP contribution in [-0.2, 0) is 11.2 Å². The summed E-state index contributed by atoms with van der Waals surface area (Å²) in [6, 6.07) is 6.49. The fraction of sp³-hybridized carbons (Fsp3) is 0.667. The predicted octanol–water partition coefficient (Wildman–Crippen LogP) is 2.39. The van der Waals surface area contributed by atoms with Gasteiger partial charge in [0, 0.05) is 57.5 Å². The van der Waals surface area contributed by atoms with Gasteiger partial charge in [-0.05, 0) is 45.0 Å². The molecule has 1 aliphatic heterocycles. The maximum atomic E-state index is 12.2. The predicted molar refractivity (Wildman–Crippen MR) is 108 cm³/mol. The van der Waals surface area contributed by atoms with E-state index in [0.29, 0.717) is 12.5 Å². The highest BCUT2D eigenvalue weighted by Crippen LogP contribution is 2.16. The molecule has 144 valence electrons. The molecule has 1 amide bonds. The third kappa shape index (κ3) is 8.36. The smallest absolute Gasteiger partial charge is 0.222 e. The molecule has 1 aromatic heterocycles. The first-order valence-corrected chi connectivity index (χ1v) is 8.73. The molecule has 1 aromatic rings. The zero-order valence-electron chi connectivity index (χ0n) is 15.3. The molecule has 1 saturated heterocycles. The zero-order valence-corrected chi connectivity index (χ0v) is 17.0. The van der Waals surface area contributed by atoms with Crippen molar-refractivity contribution >= 4 is 30.7 Å². The van der Waals surface area contributed by atoms with E-state index in [0.717, 1.165) is 57.6 Å². The third-order valence-corrected chi connectivity index (χ3v) is 4.73. The van der Waals surface area contributed by atoms with E-state index >= 15 is 0 Å². The Morgan fingerprint density at radius 2 is 2.04 bits per heavy atom. The minimum absolute atomic E-state index is 0. The number of carbonyl (C=O) groups is 1. The Bertz CT molecular complexity index is 467. The molecular weight excluding hydrogens is 359 g/mol. The number of rotatable bonds is 8. The van der Waals surface area contributed by atoms with E-state index in [1.807, 2.05) is 37.3 Å². The number of amides is 1. The van der Waals surface area contributed by atoms with Crippen LogP contribution in [0.2, 0.25) is 0 Å². The number of piperidine rings is 1. The van der Waals surface area contributed by atoms with Gasteiger partial charge >= 0.3 is 0 Å². The van der Waals surface area contributed by atoms with Gasteiger partial charge in [-0.15, -0.1) is 24.8 Å². The average Bonchev–Trinajstić information content (AvgIpc) is 2.61. The molecule has 2 rings (SSSR count). The van der Waals surface area contributed by atoms with Gasteiger partial charge in [0.05, 0.1) is 0 Å². The van der Waals surface area contributed by atoms with Gasteiger partial charge in [-0.1, -0.05) is 6.07 Å². The van der Waals surface area contributed by atoms with Crippen molar-refractivity contribution in [1.82, 2.24) is 20.1 Å². The molecule has 0 bridgehead atoms. The van der Waals surface area contributed by atoms with Crippen LogP contribution in [0.15, 0.2) is 24.4 Å². The van der Waals surface area contributed by atoms with Crippen LogP contribution in [0.4, 0.5) is 0 Å². The van der Waals surface area contributed by atoms with Crippen molar-refractivity contribution in [3.05, 3.63) is 30.1 Å². The Morgan fingerprint density at radius 1 is 1.32 bits per heavy atom. The second-order valence-electron chi connectivity index (χ2n) is 6.36. The van der Waals surface area contributed by atoms with E-state index in [-0.39, 0.29) is 30.7 Å². The largest absolute Gasteiger partial charge is 0.343 e. The lowest BCUT2D eigenvalue weighted by molar-refractivity contribution is -0.132. The van der Waals surface area contributed by atoms with Crippen molar-refractivity contribution < 1.29 is 4.79 Å². The number of nitrogens with one attached hydrogen (secondary N) is 1. The van der Waals surface area contributed by atoms with Crippen LogP contribution in [0, 0.1) is 0 Å². The van der Waals surface area contributed by atoms with Gasteiger partial charge in [0.15, 0.2) is 0 Å². The van der Waals surface area contributed by atoms with Crippen molar-refractivity contribution in [2.24, 2.45) is 0 Å². The van der Waals surface area contributed by atoms with Gasteiger partial charge < -0.3 is 15.1 Å². The summed E-state index contributed by atoms with van der Waals surface area (Å²) < 4.78 is 0. The van der Waals surface area contributed by atoms with Crippen LogP contribution in [-0.4, -0.2) is 67.0 Å². The summed E-state index contributed by atoms with van der Waals surface area (Å²) in [5.74, 6) is 0.284. The topological polar surface area (TPSA) is 48.5 Å². The van der Waals surface area contributed by atoms with Crippen LogP contribution in [0.25, 0.3) is 0 Å². The van der Waals surface area contributed by atoms with Crippen molar-refractivity contribution in [2.75, 3.05) is 40.3 Å². The normalized spacial score (nSPS) is 15.1. The second kappa shape index (κ2) is 13.3. The quantitative estimate of drug-likeness (QED) is 0.692. The van der Waals surface area contributed by atoms with Crippen molar-refractivity contribution in [3.8, 4) is 0 Å². The maximum absolute atomic E-state index is 12.2. The highest BCUT2D eigenvalue weighted by molar-refractivity contribution is 5.85. The molecule has 0 unspecified atom stereocenters. The number of carbonyl (C=O) groups excluding carboxylic acids is 1. The molecule has 1 N–H and O–H groups in total. The monoisotopic (exact) mass is 390 g/mol. The molecule has 0 atom stereocenters. The number of halogens is 2. The molecular formula is C18H32Cl2N4O. The summed E-state index contributed by atoms with van der Waals surface area (Å²) in [5.41, 5.74) is 1.16. The van der Waals surface area contributed by atoms with Crippen molar-refractivity contribution in [3.63, 3.8) is 0 Å². The first-order chi connectivity index (χ1) is 11.2. The fourth-order valence-electron chi connectivity index (χ4n) is 3.15. The SMILES string of the molecule is CNCCCC(=O)N(C)C1CCN(CCc2ccccn2)CC1.Cl.Cl. The van der Waals surface area contributed by atoms with E-state index in [9.17, 15) is 4.79 Å². The summed E-state index contributed by atoms with van der Waals surface area (Å²) in [5, 5.41) is 3.09. The maximum Gasteiger partial charge on any atom is 0.222 e. The van der Waals surface area contributed by atoms with Crippen LogP contribution >= 0.6 is 24.8 Å². The first kappa shape index (κ1) is 24.1. The van der Waals surface area contributed by atoms with Gasteiger partial charge in [-0.25, -0.2) is 0 Å². The van der Waals surface area contributed by atoms with Crippen LogP contribution < -0.4 is 5.32 Å². The van der Waals surface area contributed by atoms with Gasteiger partial charge in [0.2, 0.25) is 5.91 Å². The summed E-state index contributed by atoms with van der Waals surface area (Å²) in [4.78, 5) is 21.0. The molecule has 2 heterocycles. The molecule has 25 heavy (non-hydrogen) atoms. The highest BCUT2D eigenvalue weighted by atomic mass is 35.5.